The van der Waals surface area contributed by atoms with E-state index in [1.807, 2.05) is 0 Å². The van der Waals surface area contributed by atoms with Crippen LogP contribution in [0.3, 0.4) is 0 Å². The van der Waals surface area contributed by atoms with E-state index in [4.69, 9.17) is 9.47 Å². The maximum absolute atomic E-state index is 13.0. The van der Waals surface area contributed by atoms with Gasteiger partial charge in [-0.1, -0.05) is 60.1 Å². The molecule has 0 aromatic heterocycles. The lowest BCUT2D eigenvalue weighted by molar-refractivity contribution is -0.308. The van der Waals surface area contributed by atoms with Crippen LogP contribution in [0.15, 0.2) is 11.6 Å². The first kappa shape index (κ1) is 31.0. The Bertz CT molecular complexity index is 1120. The zero-order valence-corrected chi connectivity index (χ0v) is 26.9. The minimum atomic E-state index is -1.27. The summed E-state index contributed by atoms with van der Waals surface area (Å²) < 4.78 is 12.1. The number of aliphatic hydroxyl groups excluding tert-OH is 3. The highest BCUT2D eigenvalue weighted by atomic mass is 16.7. The summed E-state index contributed by atoms with van der Waals surface area (Å²) in [4.78, 5) is 13.0. The Labute approximate surface area is 252 Å². The fraction of sp³-hybridized carbons (Fsp3) is 0.914. The molecule has 0 radical (unpaired) electrons. The molecule has 6 rings (SSSR count). The number of carboxylic acid groups (broad SMARTS) is 1. The molecular formula is C35H56O7. The molecule has 5 aliphatic carbocycles. The Hall–Kier alpha value is -0.990. The van der Waals surface area contributed by atoms with Crippen LogP contribution in [0.4, 0.5) is 0 Å². The lowest BCUT2D eigenvalue weighted by Crippen LogP contribution is -2.66. The third-order valence-corrected chi connectivity index (χ3v) is 15.1. The van der Waals surface area contributed by atoms with Crippen LogP contribution < -0.4 is 0 Å². The third-order valence-electron chi connectivity index (χ3n) is 15.1. The first-order valence-electron chi connectivity index (χ1n) is 16.8. The van der Waals surface area contributed by atoms with Crippen molar-refractivity contribution in [1.29, 1.82) is 0 Å². The summed E-state index contributed by atoms with van der Waals surface area (Å²) >= 11 is 0. The number of carboxylic acids is 1. The normalized spacial score (nSPS) is 55.3. The number of carbonyl (C=O) groups is 1. The first-order valence-corrected chi connectivity index (χ1v) is 16.8. The van der Waals surface area contributed by atoms with Gasteiger partial charge in [0.1, 0.15) is 18.3 Å². The molecule has 6 aliphatic rings. The summed E-state index contributed by atoms with van der Waals surface area (Å²) in [5.74, 6) is 1.38. The lowest BCUT2D eigenvalue weighted by Gasteiger charge is -2.71. The van der Waals surface area contributed by atoms with Gasteiger partial charge < -0.3 is 29.9 Å². The number of hydrogen-bond acceptors (Lipinski definition) is 6. The van der Waals surface area contributed by atoms with E-state index in [1.54, 1.807) is 0 Å². The number of fused-ring (bicyclic) bond motifs is 7. The molecule has 1 unspecified atom stereocenters. The van der Waals surface area contributed by atoms with E-state index in [9.17, 15) is 25.2 Å². The molecule has 5 fully saturated rings. The smallest absolute Gasteiger partial charge is 0.310 e. The van der Waals surface area contributed by atoms with Gasteiger partial charge in [0, 0.05) is 0 Å². The molecule has 4 N–H and O–H groups in total. The van der Waals surface area contributed by atoms with Crippen molar-refractivity contribution >= 4 is 5.97 Å². The summed E-state index contributed by atoms with van der Waals surface area (Å²) in [6.07, 6.45) is 6.46. The minimum Gasteiger partial charge on any atom is -0.481 e. The molecule has 0 bridgehead atoms. The van der Waals surface area contributed by atoms with Gasteiger partial charge in [0.05, 0.1) is 18.1 Å². The molecule has 14 atom stereocenters. The van der Waals surface area contributed by atoms with E-state index in [1.165, 1.54) is 5.57 Å². The van der Waals surface area contributed by atoms with Crippen LogP contribution in [-0.4, -0.2) is 63.7 Å². The quantitative estimate of drug-likeness (QED) is 0.252. The zero-order chi connectivity index (χ0) is 30.6. The lowest BCUT2D eigenvalue weighted by atomic mass is 9.33. The van der Waals surface area contributed by atoms with Crippen molar-refractivity contribution in [3.8, 4) is 0 Å². The van der Waals surface area contributed by atoms with Gasteiger partial charge in [-0.15, -0.1) is 0 Å². The van der Waals surface area contributed by atoms with Crippen LogP contribution in [0.1, 0.15) is 106 Å². The Balaban J connectivity index is 1.31. The monoisotopic (exact) mass is 588 g/mol. The first-order chi connectivity index (χ1) is 19.5. The van der Waals surface area contributed by atoms with Gasteiger partial charge in [-0.25, -0.2) is 0 Å². The minimum absolute atomic E-state index is 0.00660. The zero-order valence-electron chi connectivity index (χ0n) is 26.9. The number of rotatable bonds is 3. The molecule has 1 aliphatic heterocycles. The summed E-state index contributed by atoms with van der Waals surface area (Å²) in [7, 11) is 0. The van der Waals surface area contributed by atoms with Crippen LogP contribution >= 0.6 is 0 Å². The van der Waals surface area contributed by atoms with Crippen LogP contribution in [-0.2, 0) is 14.3 Å². The maximum Gasteiger partial charge on any atom is 0.310 e. The molecule has 0 aromatic carbocycles. The van der Waals surface area contributed by atoms with Gasteiger partial charge in [-0.3, -0.25) is 4.79 Å². The highest BCUT2D eigenvalue weighted by Gasteiger charge is 2.69. The predicted octanol–water partition coefficient (Wildman–Crippen LogP) is 5.55. The Morgan fingerprint density at radius 3 is 2.31 bits per heavy atom. The van der Waals surface area contributed by atoms with Gasteiger partial charge in [0.25, 0.3) is 0 Å². The van der Waals surface area contributed by atoms with Crippen molar-refractivity contribution in [3.05, 3.63) is 11.6 Å². The summed E-state index contributed by atoms with van der Waals surface area (Å²) in [5, 5.41) is 41.4. The molecule has 7 heteroatoms. The summed E-state index contributed by atoms with van der Waals surface area (Å²) in [5.41, 5.74) is 0.885. The predicted molar refractivity (Wildman–Crippen MR) is 159 cm³/mol. The average molecular weight is 589 g/mol. The second-order valence-corrected chi connectivity index (χ2v) is 16.8. The molecule has 42 heavy (non-hydrogen) atoms. The Morgan fingerprint density at radius 1 is 0.905 bits per heavy atom. The third kappa shape index (κ3) is 3.98. The van der Waals surface area contributed by atoms with Crippen LogP contribution in [0.25, 0.3) is 0 Å². The van der Waals surface area contributed by atoms with Crippen molar-refractivity contribution in [2.75, 3.05) is 6.61 Å². The summed E-state index contributed by atoms with van der Waals surface area (Å²) in [6, 6.07) is 0. The van der Waals surface area contributed by atoms with E-state index < -0.39 is 36.0 Å². The Morgan fingerprint density at radius 2 is 1.62 bits per heavy atom. The van der Waals surface area contributed by atoms with E-state index in [0.29, 0.717) is 23.7 Å². The van der Waals surface area contributed by atoms with Gasteiger partial charge in [0.15, 0.2) is 6.29 Å². The molecule has 7 nitrogen and oxygen atoms in total. The SMILES string of the molecule is C[C@@H]1CC[C@]2(C(=O)O)CC[C@]3(C)C(=CC[C@@H]4[C@@]5(C)CC[C@H](O[C@@H]6OC[C@H](O)[C@H](O)[C@H]6O)C(C)(C)[C@@H]5CC[C@]43C)C2[C@H]1C. The fourth-order valence-electron chi connectivity index (χ4n) is 12.1. The fourth-order valence-corrected chi connectivity index (χ4v) is 12.1. The molecule has 238 valence electrons. The van der Waals surface area contributed by atoms with Gasteiger partial charge in [-0.05, 0) is 109 Å². The topological polar surface area (TPSA) is 116 Å². The number of hydrogen-bond donors (Lipinski definition) is 4. The molecule has 1 saturated heterocycles. The van der Waals surface area contributed by atoms with Crippen molar-refractivity contribution in [1.82, 2.24) is 0 Å². The summed E-state index contributed by atoms with van der Waals surface area (Å²) in [6.45, 7) is 16.8. The van der Waals surface area contributed by atoms with Crippen LogP contribution in [0, 0.1) is 56.7 Å². The number of aliphatic carboxylic acids is 1. The molecule has 1 heterocycles. The highest BCUT2D eigenvalue weighted by Crippen LogP contribution is 2.76. The van der Waals surface area contributed by atoms with E-state index in [2.05, 4.69) is 54.5 Å². The van der Waals surface area contributed by atoms with Gasteiger partial charge in [-0.2, -0.15) is 0 Å². The number of allylic oxidation sites excluding steroid dienone is 2. The van der Waals surface area contributed by atoms with Gasteiger partial charge >= 0.3 is 5.97 Å². The van der Waals surface area contributed by atoms with E-state index >= 15 is 0 Å². The number of aliphatic hydroxyl groups is 3. The maximum atomic E-state index is 13.0. The number of ether oxygens (including phenoxy) is 2. The second kappa shape index (κ2) is 10.0. The second-order valence-electron chi connectivity index (χ2n) is 16.8. The molecule has 0 spiro atoms. The molecule has 0 amide bonds. The highest BCUT2D eigenvalue weighted by molar-refractivity contribution is 5.76. The van der Waals surface area contributed by atoms with Crippen LogP contribution in [0.2, 0.25) is 0 Å². The van der Waals surface area contributed by atoms with Crippen molar-refractivity contribution in [2.45, 2.75) is 137 Å². The molecule has 0 aromatic rings. The molecule has 4 saturated carbocycles. The van der Waals surface area contributed by atoms with Gasteiger partial charge in [0.2, 0.25) is 0 Å². The standard InChI is InChI=1S/C35H56O7/c1-19-10-15-35(30(39)40)17-16-33(6)21(26(35)20(19)2)8-9-24-32(5)13-12-25(31(3,4)23(32)11-14-34(24,33)7)42-29-28(38)27(37)22(36)18-41-29/h8,19-20,22-29,36-38H,9-18H2,1-7H3,(H,39,40)/t19-,20+,22+,23+,24-,25+,26?,27+,28-,29+,32+,33-,34-,35+/m1/s1. The van der Waals surface area contributed by atoms with E-state index in [-0.39, 0.29) is 40.3 Å². The Kier molecular flexibility index (Phi) is 7.39. The van der Waals surface area contributed by atoms with Crippen molar-refractivity contribution in [3.63, 3.8) is 0 Å². The van der Waals surface area contributed by atoms with Crippen LogP contribution in [0.5, 0.6) is 0 Å². The molecular weight excluding hydrogens is 532 g/mol. The van der Waals surface area contributed by atoms with E-state index in [0.717, 1.165) is 57.8 Å². The van der Waals surface area contributed by atoms with Crippen molar-refractivity contribution < 1.29 is 34.7 Å². The van der Waals surface area contributed by atoms with Crippen molar-refractivity contribution in [2.24, 2.45) is 56.7 Å². The largest absolute Gasteiger partial charge is 0.481 e. The average Bonchev–Trinajstić information content (AvgIpc) is 2.92.